The number of aliphatic hydroxyl groups excluding tert-OH is 2. The molecular formula is C36H52O6. The maximum absolute atomic E-state index is 9.48. The zero-order valence-electron chi connectivity index (χ0n) is 26.0. The number of aryl methyl sites for hydroxylation is 3. The number of ether oxygens (including phenoxy) is 2. The average molecular weight is 581 g/mol. The number of rotatable bonds is 16. The van der Waals surface area contributed by atoms with Crippen molar-refractivity contribution in [1.29, 1.82) is 0 Å². The van der Waals surface area contributed by atoms with Gasteiger partial charge in [0.15, 0.2) is 0 Å². The lowest BCUT2D eigenvalue weighted by Crippen LogP contribution is -2.17. The molecule has 0 aromatic heterocycles. The fourth-order valence-corrected chi connectivity index (χ4v) is 4.89. The summed E-state index contributed by atoms with van der Waals surface area (Å²) in [5.74, 6) is 1.13. The molecule has 1 atom stereocenters. The van der Waals surface area contributed by atoms with E-state index in [1.54, 1.807) is 19.8 Å². The first-order chi connectivity index (χ1) is 20.3. The van der Waals surface area contributed by atoms with Gasteiger partial charge in [0.05, 0.1) is 26.4 Å². The lowest BCUT2D eigenvalue weighted by atomic mass is 9.80. The van der Waals surface area contributed by atoms with E-state index in [9.17, 15) is 9.59 Å². The van der Waals surface area contributed by atoms with Crippen molar-refractivity contribution in [3.8, 4) is 0 Å². The zero-order valence-corrected chi connectivity index (χ0v) is 26.0. The SMILES string of the molecule is C=C(C=O)CO.C=C(C=O)CO.CCCCCc1ccc(CCC2CCc3cc(C(COC)COC)ccc3C2)cc1. The molecule has 0 radical (unpaired) electrons. The van der Waals surface area contributed by atoms with Crippen LogP contribution in [0.15, 0.2) is 66.8 Å². The van der Waals surface area contributed by atoms with Crippen LogP contribution >= 0.6 is 0 Å². The number of hydrogen-bond acceptors (Lipinski definition) is 6. The summed E-state index contributed by atoms with van der Waals surface area (Å²) in [5, 5.41) is 16.0. The van der Waals surface area contributed by atoms with Gasteiger partial charge in [-0.15, -0.1) is 0 Å². The second kappa shape index (κ2) is 22.7. The molecule has 0 saturated heterocycles. The molecule has 2 aromatic carbocycles. The fraction of sp³-hybridized carbons (Fsp3) is 0.500. The lowest BCUT2D eigenvalue weighted by Gasteiger charge is -2.26. The van der Waals surface area contributed by atoms with Crippen LogP contribution in [0.25, 0.3) is 0 Å². The Morgan fingerprint density at radius 2 is 1.45 bits per heavy atom. The van der Waals surface area contributed by atoms with E-state index in [2.05, 4.69) is 62.5 Å². The molecule has 0 spiro atoms. The summed E-state index contributed by atoms with van der Waals surface area (Å²) >= 11 is 0. The van der Waals surface area contributed by atoms with E-state index in [1.807, 2.05) is 0 Å². The molecule has 0 heterocycles. The zero-order chi connectivity index (χ0) is 31.2. The van der Waals surface area contributed by atoms with Gasteiger partial charge in [0.25, 0.3) is 0 Å². The monoisotopic (exact) mass is 580 g/mol. The van der Waals surface area contributed by atoms with Gasteiger partial charge < -0.3 is 19.7 Å². The van der Waals surface area contributed by atoms with Gasteiger partial charge in [-0.05, 0) is 78.7 Å². The summed E-state index contributed by atoms with van der Waals surface area (Å²) in [7, 11) is 3.54. The minimum Gasteiger partial charge on any atom is -0.392 e. The van der Waals surface area contributed by atoms with Crippen LogP contribution in [0.3, 0.4) is 0 Å². The van der Waals surface area contributed by atoms with Crippen LogP contribution in [0.4, 0.5) is 0 Å². The molecule has 1 aliphatic carbocycles. The molecule has 42 heavy (non-hydrogen) atoms. The quantitative estimate of drug-likeness (QED) is 0.144. The van der Waals surface area contributed by atoms with Crippen LogP contribution < -0.4 is 0 Å². The minimum atomic E-state index is -0.233. The smallest absolute Gasteiger partial charge is 0.147 e. The Kier molecular flexibility index (Phi) is 20.0. The number of carbonyl (C=O) groups excluding carboxylic acids is 2. The third-order valence-electron chi connectivity index (χ3n) is 7.44. The third kappa shape index (κ3) is 14.8. The second-order valence-electron chi connectivity index (χ2n) is 10.9. The summed E-state index contributed by atoms with van der Waals surface area (Å²) in [6.45, 7) is 9.58. The lowest BCUT2D eigenvalue weighted by molar-refractivity contribution is -0.106. The number of aldehydes is 2. The molecule has 2 aromatic rings. The number of fused-ring (bicyclic) bond motifs is 1. The number of hydrogen-bond donors (Lipinski definition) is 2. The van der Waals surface area contributed by atoms with Gasteiger partial charge in [-0.3, -0.25) is 9.59 Å². The molecule has 0 saturated carbocycles. The summed E-state index contributed by atoms with van der Waals surface area (Å²) in [5.41, 5.74) is 7.87. The average Bonchev–Trinajstić information content (AvgIpc) is 3.03. The van der Waals surface area contributed by atoms with E-state index in [1.165, 1.54) is 80.0 Å². The highest BCUT2D eigenvalue weighted by Gasteiger charge is 2.20. The Morgan fingerprint density at radius 1 is 0.881 bits per heavy atom. The van der Waals surface area contributed by atoms with Crippen LogP contribution in [0.2, 0.25) is 0 Å². The highest BCUT2D eigenvalue weighted by atomic mass is 16.5. The van der Waals surface area contributed by atoms with Crippen molar-refractivity contribution in [2.45, 2.75) is 70.6 Å². The first kappa shape index (κ1) is 37.1. The standard InChI is InChI=1S/C28H40O2.2C4H6O2/c1-4-5-6-7-22-8-10-23(11-9-22)12-13-24-14-15-26-19-27(17-16-25(26)18-24)28(20-29-2)21-30-3;2*1-4(2-5)3-6/h8-11,16-17,19,24,28H,4-7,12-15,18,20-21H2,1-3H3;2*2,6H,1,3H2. The van der Waals surface area contributed by atoms with Crippen molar-refractivity contribution in [3.05, 3.63) is 94.6 Å². The minimum absolute atomic E-state index is 0.218. The molecule has 0 fully saturated rings. The molecule has 232 valence electrons. The normalized spacial score (nSPS) is 13.6. The van der Waals surface area contributed by atoms with Crippen molar-refractivity contribution < 1.29 is 29.3 Å². The van der Waals surface area contributed by atoms with E-state index >= 15 is 0 Å². The van der Waals surface area contributed by atoms with Gasteiger partial charge in [0.1, 0.15) is 12.6 Å². The van der Waals surface area contributed by atoms with Crippen molar-refractivity contribution >= 4 is 12.6 Å². The summed E-state index contributed by atoms with van der Waals surface area (Å²) in [6.07, 6.45) is 12.5. The van der Waals surface area contributed by atoms with Gasteiger partial charge >= 0.3 is 0 Å². The molecular weight excluding hydrogens is 528 g/mol. The fourth-order valence-electron chi connectivity index (χ4n) is 4.89. The number of carbonyl (C=O) groups is 2. The van der Waals surface area contributed by atoms with E-state index in [4.69, 9.17) is 19.7 Å². The highest BCUT2D eigenvalue weighted by molar-refractivity contribution is 5.72. The van der Waals surface area contributed by atoms with Crippen LogP contribution in [-0.4, -0.2) is 63.4 Å². The predicted octanol–water partition coefficient (Wildman–Crippen LogP) is 6.00. The Labute approximate surface area is 253 Å². The van der Waals surface area contributed by atoms with Crippen molar-refractivity contribution in [2.75, 3.05) is 40.6 Å². The Bertz CT molecular complexity index is 1030. The molecule has 2 N–H and O–H groups in total. The molecule has 3 rings (SSSR count). The highest BCUT2D eigenvalue weighted by Crippen LogP contribution is 2.31. The van der Waals surface area contributed by atoms with E-state index in [0.29, 0.717) is 31.7 Å². The van der Waals surface area contributed by atoms with Gasteiger partial charge in [-0.2, -0.15) is 0 Å². The third-order valence-corrected chi connectivity index (χ3v) is 7.44. The number of benzene rings is 2. The first-order valence-electron chi connectivity index (χ1n) is 15.0. The van der Waals surface area contributed by atoms with Crippen LogP contribution in [0.1, 0.15) is 72.8 Å². The number of unbranched alkanes of at least 4 members (excludes halogenated alkanes) is 2. The summed E-state index contributed by atoms with van der Waals surface area (Å²) in [4.78, 5) is 19.0. The molecule has 0 amide bonds. The number of aliphatic hydroxyl groups is 2. The Balaban J connectivity index is 0.000000618. The molecule has 6 heteroatoms. The molecule has 6 nitrogen and oxygen atoms in total. The maximum Gasteiger partial charge on any atom is 0.147 e. The van der Waals surface area contributed by atoms with Gasteiger partial charge in [0.2, 0.25) is 0 Å². The molecule has 0 aliphatic heterocycles. The first-order valence-corrected chi connectivity index (χ1v) is 15.0. The van der Waals surface area contributed by atoms with E-state index < -0.39 is 0 Å². The molecule has 0 bridgehead atoms. The van der Waals surface area contributed by atoms with Crippen molar-refractivity contribution in [1.82, 2.24) is 0 Å². The Hall–Kier alpha value is -2.90. The van der Waals surface area contributed by atoms with E-state index in [-0.39, 0.29) is 24.4 Å². The van der Waals surface area contributed by atoms with Crippen molar-refractivity contribution in [3.63, 3.8) is 0 Å². The predicted molar refractivity (Wildman–Crippen MR) is 171 cm³/mol. The molecule has 1 aliphatic rings. The van der Waals surface area contributed by atoms with Gasteiger partial charge in [0, 0.05) is 31.3 Å². The topological polar surface area (TPSA) is 93.1 Å². The maximum atomic E-state index is 9.48. The van der Waals surface area contributed by atoms with Gasteiger partial charge in [-0.25, -0.2) is 0 Å². The van der Waals surface area contributed by atoms with E-state index in [0.717, 1.165) is 5.92 Å². The second-order valence-corrected chi connectivity index (χ2v) is 10.9. The Morgan fingerprint density at radius 3 is 1.93 bits per heavy atom. The number of methoxy groups -OCH3 is 2. The summed E-state index contributed by atoms with van der Waals surface area (Å²) in [6, 6.07) is 16.5. The van der Waals surface area contributed by atoms with Gasteiger partial charge in [-0.1, -0.05) is 75.4 Å². The molecule has 1 unspecified atom stereocenters. The van der Waals surface area contributed by atoms with Crippen molar-refractivity contribution in [2.24, 2.45) is 5.92 Å². The van der Waals surface area contributed by atoms with Crippen LogP contribution in [-0.2, 0) is 44.7 Å². The summed E-state index contributed by atoms with van der Waals surface area (Å²) < 4.78 is 10.8. The largest absolute Gasteiger partial charge is 0.392 e. The van der Waals surface area contributed by atoms with Crippen LogP contribution in [0, 0.1) is 5.92 Å². The van der Waals surface area contributed by atoms with Crippen LogP contribution in [0.5, 0.6) is 0 Å².